The Morgan fingerprint density at radius 3 is 2.53 bits per heavy atom. The van der Waals surface area contributed by atoms with Crippen LogP contribution in [0.4, 0.5) is 29.6 Å². The third-order valence-corrected chi connectivity index (χ3v) is 6.87. The van der Waals surface area contributed by atoms with Gasteiger partial charge in [0.25, 0.3) is 0 Å². The molecule has 1 aliphatic rings. The van der Waals surface area contributed by atoms with Gasteiger partial charge in [0.1, 0.15) is 6.04 Å². The lowest BCUT2D eigenvalue weighted by Gasteiger charge is -2.35. The van der Waals surface area contributed by atoms with E-state index in [1.807, 2.05) is 6.07 Å². The van der Waals surface area contributed by atoms with Crippen LogP contribution in [-0.4, -0.2) is 42.7 Å². The number of rotatable bonds is 4. The largest absolute Gasteiger partial charge is 0.513 e. The lowest BCUT2D eigenvalue weighted by molar-refractivity contribution is -0.137. The van der Waals surface area contributed by atoms with E-state index in [0.717, 1.165) is 47.1 Å². The Bertz CT molecular complexity index is 1680. The molecule has 3 aromatic rings. The third-order valence-electron chi connectivity index (χ3n) is 5.71. The van der Waals surface area contributed by atoms with Crippen molar-refractivity contribution >= 4 is 27.6 Å². The summed E-state index contributed by atoms with van der Waals surface area (Å²) < 4.78 is 76.6. The smallest absolute Gasteiger partial charge is 0.437 e. The Labute approximate surface area is 213 Å². The Hall–Kier alpha value is -4.58. The van der Waals surface area contributed by atoms with Gasteiger partial charge < -0.3 is 9.47 Å². The summed E-state index contributed by atoms with van der Waals surface area (Å²) in [7, 11) is -2.99. The monoisotopic (exact) mass is 549 g/mol. The highest BCUT2D eigenvalue weighted by Crippen LogP contribution is 2.44. The summed E-state index contributed by atoms with van der Waals surface area (Å²) in [5.41, 5.74) is -2.00. The minimum Gasteiger partial charge on any atom is -0.437 e. The topological polar surface area (TPSA) is 147 Å². The number of aromatic amines is 1. The average molecular weight is 549 g/mol. The first-order valence-corrected chi connectivity index (χ1v) is 12.5. The van der Waals surface area contributed by atoms with E-state index in [9.17, 15) is 36.4 Å². The number of ether oxygens (including phenoxy) is 2. The van der Waals surface area contributed by atoms with Gasteiger partial charge in [0.05, 0.1) is 34.9 Å². The second-order valence-electron chi connectivity index (χ2n) is 8.13. The molecule has 1 atom stereocenters. The number of hydrogen-bond acceptors (Lipinski definition) is 9. The molecule has 0 saturated heterocycles. The summed E-state index contributed by atoms with van der Waals surface area (Å²) in [6, 6.07) is 8.21. The maximum atomic E-state index is 13.5. The molecular weight excluding hydrogens is 531 g/mol. The second kappa shape index (κ2) is 9.38. The molecular formula is C23H18F3N5O6S. The third kappa shape index (κ3) is 4.61. The van der Waals surface area contributed by atoms with Crippen molar-refractivity contribution in [3.05, 3.63) is 81.1 Å². The minimum absolute atomic E-state index is 0.00600. The summed E-state index contributed by atoms with van der Waals surface area (Å²) >= 11 is 0. The molecule has 0 bridgehead atoms. The number of nitrogens with one attached hydrogen (secondary N) is 1. The van der Waals surface area contributed by atoms with E-state index in [2.05, 4.69) is 14.9 Å². The lowest BCUT2D eigenvalue weighted by atomic mass is 9.99. The highest BCUT2D eigenvalue weighted by molar-refractivity contribution is 7.90. The Kier molecular flexibility index (Phi) is 6.54. The zero-order valence-electron chi connectivity index (χ0n) is 19.9. The van der Waals surface area contributed by atoms with Crippen LogP contribution in [0.2, 0.25) is 0 Å². The van der Waals surface area contributed by atoms with E-state index >= 15 is 0 Å². The summed E-state index contributed by atoms with van der Waals surface area (Å²) in [4.78, 5) is 26.0. The van der Waals surface area contributed by atoms with Crippen LogP contribution in [0.3, 0.4) is 0 Å². The van der Waals surface area contributed by atoms with Crippen LogP contribution in [0.1, 0.15) is 29.7 Å². The van der Waals surface area contributed by atoms with E-state index in [1.54, 1.807) is 0 Å². The van der Waals surface area contributed by atoms with Crippen molar-refractivity contribution < 1.29 is 35.9 Å². The standard InChI is InChI=1S/C23H18F3N5O6S/c1-12-19(37-22(33)36-2)18(16-8-7-13(11-27)9-17(16)38(3,34)35)31-20(28-29-21(31)32)30(12)15-6-4-5-14(10-15)23(24,25)26/h4-10,18H,1-3H3,(H,29,32). The number of benzene rings is 2. The molecule has 4 rings (SSSR count). The maximum absolute atomic E-state index is 13.5. The predicted octanol–water partition coefficient (Wildman–Crippen LogP) is 3.62. The van der Waals surface area contributed by atoms with Gasteiger partial charge in [-0.05, 0) is 37.3 Å². The molecule has 1 N–H and O–H groups in total. The van der Waals surface area contributed by atoms with E-state index in [0.29, 0.717) is 0 Å². The fourth-order valence-corrected chi connectivity index (χ4v) is 5.03. The molecule has 15 heteroatoms. The zero-order valence-corrected chi connectivity index (χ0v) is 20.7. The number of allylic oxidation sites excluding steroid dienone is 2. The molecule has 0 aliphatic carbocycles. The van der Waals surface area contributed by atoms with Gasteiger partial charge in [-0.15, -0.1) is 5.10 Å². The van der Waals surface area contributed by atoms with Crippen molar-refractivity contribution in [2.24, 2.45) is 0 Å². The normalized spacial score (nSPS) is 15.6. The molecule has 2 heterocycles. The fourth-order valence-electron chi connectivity index (χ4n) is 4.08. The summed E-state index contributed by atoms with van der Waals surface area (Å²) in [5, 5.41) is 15.4. The van der Waals surface area contributed by atoms with Gasteiger partial charge in [0.2, 0.25) is 5.95 Å². The number of alkyl halides is 3. The molecule has 0 spiro atoms. The van der Waals surface area contributed by atoms with Crippen molar-refractivity contribution in [2.45, 2.75) is 24.0 Å². The van der Waals surface area contributed by atoms with Crippen molar-refractivity contribution in [1.82, 2.24) is 14.8 Å². The van der Waals surface area contributed by atoms with Crippen LogP contribution in [-0.2, 0) is 25.5 Å². The highest BCUT2D eigenvalue weighted by atomic mass is 32.2. The van der Waals surface area contributed by atoms with Crippen LogP contribution in [0.15, 0.2) is 63.6 Å². The first kappa shape index (κ1) is 26.5. The molecule has 1 unspecified atom stereocenters. The number of carbonyl (C=O) groups is 1. The van der Waals surface area contributed by atoms with Gasteiger partial charge in [0, 0.05) is 17.5 Å². The molecule has 1 aromatic heterocycles. The van der Waals surface area contributed by atoms with Crippen molar-refractivity contribution in [2.75, 3.05) is 18.3 Å². The zero-order chi connectivity index (χ0) is 28.0. The van der Waals surface area contributed by atoms with Gasteiger partial charge in [-0.3, -0.25) is 4.90 Å². The molecule has 11 nitrogen and oxygen atoms in total. The van der Waals surface area contributed by atoms with Gasteiger partial charge >= 0.3 is 18.0 Å². The number of nitrogens with zero attached hydrogens (tertiary/aromatic N) is 4. The number of fused-ring (bicyclic) bond motifs is 1. The molecule has 0 saturated carbocycles. The van der Waals surface area contributed by atoms with Gasteiger partial charge in [-0.2, -0.15) is 18.4 Å². The van der Waals surface area contributed by atoms with E-state index in [1.165, 1.54) is 25.1 Å². The summed E-state index contributed by atoms with van der Waals surface area (Å²) in [6.07, 6.45) is -5.03. The SMILES string of the molecule is COC(=O)OC1=C(C)N(c2cccc(C(F)(F)F)c2)c2n[nH]c(=O)n2C1c1ccc(C#N)cc1S(C)(=O)=O. The van der Waals surface area contributed by atoms with E-state index in [-0.39, 0.29) is 39.1 Å². The Morgan fingerprint density at radius 2 is 1.92 bits per heavy atom. The molecule has 1 aliphatic heterocycles. The number of carbonyl (C=O) groups excluding carboxylic acids is 1. The first-order chi connectivity index (χ1) is 17.8. The molecule has 38 heavy (non-hydrogen) atoms. The predicted molar refractivity (Wildman–Crippen MR) is 125 cm³/mol. The summed E-state index contributed by atoms with van der Waals surface area (Å²) in [5.74, 6) is -0.530. The second-order valence-corrected chi connectivity index (χ2v) is 10.1. The fraction of sp³-hybridized carbons (Fsp3) is 0.217. The van der Waals surface area contributed by atoms with Crippen LogP contribution < -0.4 is 10.6 Å². The quantitative estimate of drug-likeness (QED) is 0.482. The molecule has 0 radical (unpaired) electrons. The number of sulfone groups is 1. The number of nitriles is 1. The Balaban J connectivity index is 2.07. The van der Waals surface area contributed by atoms with Crippen LogP contribution in [0.25, 0.3) is 0 Å². The van der Waals surface area contributed by atoms with Gasteiger partial charge in [-0.25, -0.2) is 27.7 Å². The van der Waals surface area contributed by atoms with Crippen LogP contribution in [0.5, 0.6) is 0 Å². The summed E-state index contributed by atoms with van der Waals surface area (Å²) in [6.45, 7) is 1.39. The van der Waals surface area contributed by atoms with Crippen molar-refractivity contribution in [1.29, 1.82) is 5.26 Å². The molecule has 198 valence electrons. The Morgan fingerprint density at radius 1 is 1.21 bits per heavy atom. The first-order valence-electron chi connectivity index (χ1n) is 10.6. The van der Waals surface area contributed by atoms with Crippen molar-refractivity contribution in [3.63, 3.8) is 0 Å². The maximum Gasteiger partial charge on any atom is 0.513 e. The van der Waals surface area contributed by atoms with Crippen LogP contribution in [0, 0.1) is 11.3 Å². The molecule has 0 amide bonds. The number of anilines is 2. The van der Waals surface area contributed by atoms with Crippen molar-refractivity contribution in [3.8, 4) is 6.07 Å². The number of H-pyrrole nitrogens is 1. The lowest BCUT2D eigenvalue weighted by Crippen LogP contribution is -2.37. The van der Waals surface area contributed by atoms with Crippen LogP contribution >= 0.6 is 0 Å². The van der Waals surface area contributed by atoms with E-state index < -0.39 is 39.5 Å². The average Bonchev–Trinajstić information content (AvgIpc) is 3.23. The van der Waals surface area contributed by atoms with Gasteiger partial charge in [-0.1, -0.05) is 12.1 Å². The van der Waals surface area contributed by atoms with Gasteiger partial charge in [0.15, 0.2) is 15.6 Å². The van der Waals surface area contributed by atoms with E-state index in [4.69, 9.17) is 4.74 Å². The number of methoxy groups -OCH3 is 1. The molecule has 0 fully saturated rings. The highest BCUT2D eigenvalue weighted by Gasteiger charge is 2.41. The number of halogens is 3. The minimum atomic E-state index is -4.69. The molecule has 2 aromatic carbocycles. The number of aromatic nitrogens is 3. The number of hydrogen-bond donors (Lipinski definition) is 1.